The molecule has 1 aromatic carbocycles. The first kappa shape index (κ1) is 18.8. The lowest BCUT2D eigenvalue weighted by molar-refractivity contribution is -0.132. The molecule has 1 heterocycles. The van der Waals surface area contributed by atoms with Crippen molar-refractivity contribution in [3.63, 3.8) is 0 Å². The Morgan fingerprint density at radius 2 is 1.96 bits per heavy atom. The van der Waals surface area contributed by atoms with Gasteiger partial charge >= 0.3 is 0 Å². The van der Waals surface area contributed by atoms with E-state index in [9.17, 15) is 9.59 Å². The third-order valence-corrected chi connectivity index (χ3v) is 5.06. The molecule has 1 saturated carbocycles. The smallest absolute Gasteiger partial charge is 0.248 e. The number of hydrogen-bond acceptors (Lipinski definition) is 5. The molecule has 0 aliphatic heterocycles. The maximum atomic E-state index is 13.1. The van der Waals surface area contributed by atoms with Gasteiger partial charge in [0, 0.05) is 6.54 Å². The molecule has 1 aliphatic carbocycles. The van der Waals surface area contributed by atoms with Crippen molar-refractivity contribution in [1.82, 2.24) is 30.8 Å². The first-order valence-corrected chi connectivity index (χ1v) is 9.15. The summed E-state index contributed by atoms with van der Waals surface area (Å²) in [5.74, 6) is -0.408. The highest BCUT2D eigenvalue weighted by Gasteiger charge is 2.42. The van der Waals surface area contributed by atoms with E-state index in [1.165, 1.54) is 12.4 Å². The van der Waals surface area contributed by atoms with Gasteiger partial charge in [0.05, 0.1) is 6.04 Å². The van der Waals surface area contributed by atoms with Crippen molar-refractivity contribution in [3.05, 3.63) is 54.9 Å². The van der Waals surface area contributed by atoms with Gasteiger partial charge in [0.15, 0.2) is 0 Å². The predicted molar refractivity (Wildman–Crippen MR) is 99.4 cm³/mol. The summed E-state index contributed by atoms with van der Waals surface area (Å²) in [6.07, 6.45) is 7.10. The third-order valence-electron chi connectivity index (χ3n) is 5.06. The van der Waals surface area contributed by atoms with E-state index in [0.29, 0.717) is 12.8 Å². The molecule has 1 aromatic heterocycles. The Balaban J connectivity index is 1.76. The van der Waals surface area contributed by atoms with Crippen LogP contribution in [-0.2, 0) is 15.1 Å². The van der Waals surface area contributed by atoms with E-state index in [0.717, 1.165) is 24.8 Å². The van der Waals surface area contributed by atoms with Crippen molar-refractivity contribution < 1.29 is 9.59 Å². The minimum absolute atomic E-state index is 0.122. The zero-order chi connectivity index (χ0) is 19.1. The number of rotatable bonds is 7. The fourth-order valence-electron chi connectivity index (χ4n) is 3.58. The number of nitrogens with one attached hydrogen (secondary N) is 2. The summed E-state index contributed by atoms with van der Waals surface area (Å²) in [7, 11) is 0. The second-order valence-corrected chi connectivity index (χ2v) is 6.73. The SMILES string of the molecule is C=CC(=O)NC(CNC(=O)C1(n2cnnn2)CCCCC1)c1ccccc1. The molecule has 2 aromatic rings. The lowest BCUT2D eigenvalue weighted by Gasteiger charge is -2.35. The van der Waals surface area contributed by atoms with Crippen molar-refractivity contribution in [3.8, 4) is 0 Å². The molecular formula is C19H24N6O2. The molecule has 1 unspecified atom stereocenters. The quantitative estimate of drug-likeness (QED) is 0.721. The second kappa shape index (κ2) is 8.57. The summed E-state index contributed by atoms with van der Waals surface area (Å²) >= 11 is 0. The van der Waals surface area contributed by atoms with Gasteiger partial charge in [-0.1, -0.05) is 56.2 Å². The van der Waals surface area contributed by atoms with Crippen molar-refractivity contribution in [2.75, 3.05) is 6.54 Å². The summed E-state index contributed by atoms with van der Waals surface area (Å²) in [4.78, 5) is 25.0. The normalized spacial score (nSPS) is 16.9. The third kappa shape index (κ3) is 4.21. The molecule has 1 fully saturated rings. The van der Waals surface area contributed by atoms with Crippen LogP contribution in [0.3, 0.4) is 0 Å². The van der Waals surface area contributed by atoms with E-state index in [1.807, 2.05) is 30.3 Å². The fraction of sp³-hybridized carbons (Fsp3) is 0.421. The maximum Gasteiger partial charge on any atom is 0.248 e. The zero-order valence-corrected chi connectivity index (χ0v) is 15.2. The van der Waals surface area contributed by atoms with Gasteiger partial charge in [-0.25, -0.2) is 4.68 Å². The van der Waals surface area contributed by atoms with E-state index in [1.54, 1.807) is 4.68 Å². The Hall–Kier alpha value is -3.03. The van der Waals surface area contributed by atoms with Gasteiger partial charge in [0.2, 0.25) is 11.8 Å². The van der Waals surface area contributed by atoms with Crippen LogP contribution in [0.15, 0.2) is 49.3 Å². The van der Waals surface area contributed by atoms with Gasteiger partial charge in [-0.15, -0.1) is 5.10 Å². The summed E-state index contributed by atoms with van der Waals surface area (Å²) in [5.41, 5.74) is 0.138. The lowest BCUT2D eigenvalue weighted by atomic mass is 9.81. The molecule has 0 saturated heterocycles. The molecule has 2 amide bonds. The second-order valence-electron chi connectivity index (χ2n) is 6.73. The molecule has 3 rings (SSSR count). The number of carbonyl (C=O) groups is 2. The molecule has 1 aliphatic rings. The number of benzene rings is 1. The molecule has 8 heteroatoms. The molecule has 0 spiro atoms. The van der Waals surface area contributed by atoms with E-state index >= 15 is 0 Å². The largest absolute Gasteiger partial charge is 0.352 e. The number of nitrogens with zero attached hydrogens (tertiary/aromatic N) is 4. The fourth-order valence-corrected chi connectivity index (χ4v) is 3.58. The molecule has 1 atom stereocenters. The van der Waals surface area contributed by atoms with Crippen LogP contribution in [0.2, 0.25) is 0 Å². The number of hydrogen-bond donors (Lipinski definition) is 2. The van der Waals surface area contributed by atoms with Crippen LogP contribution in [0.25, 0.3) is 0 Å². The monoisotopic (exact) mass is 368 g/mol. The van der Waals surface area contributed by atoms with Gasteiger partial charge in [0.25, 0.3) is 0 Å². The van der Waals surface area contributed by atoms with Crippen LogP contribution in [0, 0.1) is 0 Å². The highest BCUT2D eigenvalue weighted by Crippen LogP contribution is 2.34. The Morgan fingerprint density at radius 1 is 1.22 bits per heavy atom. The van der Waals surface area contributed by atoms with Crippen LogP contribution in [0.1, 0.15) is 43.7 Å². The van der Waals surface area contributed by atoms with Crippen molar-refractivity contribution in [2.24, 2.45) is 0 Å². The van der Waals surface area contributed by atoms with E-state index in [2.05, 4.69) is 32.7 Å². The lowest BCUT2D eigenvalue weighted by Crippen LogP contribution is -2.52. The van der Waals surface area contributed by atoms with Gasteiger partial charge in [-0.05, 0) is 34.9 Å². The molecule has 142 valence electrons. The molecule has 0 bridgehead atoms. The van der Waals surface area contributed by atoms with Crippen LogP contribution in [0.5, 0.6) is 0 Å². The number of amides is 2. The van der Waals surface area contributed by atoms with Crippen LogP contribution < -0.4 is 10.6 Å². The zero-order valence-electron chi connectivity index (χ0n) is 15.2. The number of tetrazole rings is 1. The Labute approximate surface area is 158 Å². The van der Waals surface area contributed by atoms with Crippen LogP contribution >= 0.6 is 0 Å². The Kier molecular flexibility index (Phi) is 5.95. The highest BCUT2D eigenvalue weighted by molar-refractivity contribution is 5.87. The number of carbonyl (C=O) groups excluding carboxylic acids is 2. The maximum absolute atomic E-state index is 13.1. The molecule has 8 nitrogen and oxygen atoms in total. The predicted octanol–water partition coefficient (Wildman–Crippen LogP) is 1.49. The number of aromatic nitrogens is 4. The molecular weight excluding hydrogens is 344 g/mol. The van der Waals surface area contributed by atoms with Gasteiger partial charge in [0.1, 0.15) is 11.9 Å². The standard InChI is InChI=1S/C19H24N6O2/c1-2-17(26)22-16(15-9-5-3-6-10-15)13-20-18(27)19(11-7-4-8-12-19)25-14-21-23-24-25/h2-3,5-6,9-10,14,16H,1,4,7-8,11-13H2,(H,20,27)(H,22,26). The summed E-state index contributed by atoms with van der Waals surface area (Å²) in [5, 5.41) is 17.3. The van der Waals surface area contributed by atoms with E-state index in [4.69, 9.17) is 0 Å². The molecule has 2 N–H and O–H groups in total. The first-order valence-electron chi connectivity index (χ1n) is 9.15. The Bertz CT molecular complexity index is 769. The van der Waals surface area contributed by atoms with E-state index in [-0.39, 0.29) is 24.4 Å². The topological polar surface area (TPSA) is 102 Å². The summed E-state index contributed by atoms with van der Waals surface area (Å²) in [6.45, 7) is 3.77. The molecule has 0 radical (unpaired) electrons. The summed E-state index contributed by atoms with van der Waals surface area (Å²) < 4.78 is 1.57. The van der Waals surface area contributed by atoms with Gasteiger partial charge in [-0.3, -0.25) is 9.59 Å². The molecule has 27 heavy (non-hydrogen) atoms. The average Bonchev–Trinajstić information content (AvgIpc) is 3.27. The minimum atomic E-state index is -0.772. The van der Waals surface area contributed by atoms with Gasteiger partial charge in [-0.2, -0.15) is 0 Å². The van der Waals surface area contributed by atoms with Crippen molar-refractivity contribution in [1.29, 1.82) is 0 Å². The van der Waals surface area contributed by atoms with Crippen LogP contribution in [0.4, 0.5) is 0 Å². The Morgan fingerprint density at radius 3 is 2.59 bits per heavy atom. The highest BCUT2D eigenvalue weighted by atomic mass is 16.2. The average molecular weight is 368 g/mol. The van der Waals surface area contributed by atoms with Crippen molar-refractivity contribution >= 4 is 11.8 Å². The van der Waals surface area contributed by atoms with Crippen LogP contribution in [-0.4, -0.2) is 38.6 Å². The van der Waals surface area contributed by atoms with Gasteiger partial charge < -0.3 is 10.6 Å². The first-order chi connectivity index (χ1) is 13.2. The van der Waals surface area contributed by atoms with Crippen molar-refractivity contribution in [2.45, 2.75) is 43.7 Å². The summed E-state index contributed by atoms with van der Waals surface area (Å²) in [6, 6.07) is 9.18. The minimum Gasteiger partial charge on any atom is -0.352 e. The van der Waals surface area contributed by atoms with E-state index < -0.39 is 5.54 Å².